The SMILES string of the molecule is CNCC(C)CN/C(=C\N)SO. The van der Waals surface area contributed by atoms with Crippen molar-refractivity contribution < 1.29 is 4.55 Å². The standard InChI is InChI=1S/C7H17N3OS/c1-6(4-9-2)5-10-7(3-8)12-11/h3,6,9-11H,4-5,8H2,1-2H3/b7-3+. The summed E-state index contributed by atoms with van der Waals surface area (Å²) in [4.78, 5) is 0. The molecule has 0 fully saturated rings. The van der Waals surface area contributed by atoms with Crippen LogP contribution in [0.4, 0.5) is 0 Å². The summed E-state index contributed by atoms with van der Waals surface area (Å²) in [6.07, 6.45) is 1.36. The van der Waals surface area contributed by atoms with Crippen molar-refractivity contribution in [1.82, 2.24) is 10.6 Å². The summed E-state index contributed by atoms with van der Waals surface area (Å²) in [5.41, 5.74) is 5.22. The number of nitrogens with two attached hydrogens (primary N) is 1. The summed E-state index contributed by atoms with van der Waals surface area (Å²) in [6.45, 7) is 3.86. The Labute approximate surface area is 77.8 Å². The van der Waals surface area contributed by atoms with Crippen molar-refractivity contribution in [3.05, 3.63) is 11.2 Å². The summed E-state index contributed by atoms with van der Waals surface area (Å²) in [5.74, 6) is 0.511. The molecule has 0 saturated carbocycles. The average Bonchev–Trinajstić information content (AvgIpc) is 2.07. The van der Waals surface area contributed by atoms with Crippen molar-refractivity contribution in [2.24, 2.45) is 11.7 Å². The molecule has 0 amide bonds. The molecule has 0 bridgehead atoms. The smallest absolute Gasteiger partial charge is 0.112 e. The maximum Gasteiger partial charge on any atom is 0.112 e. The van der Waals surface area contributed by atoms with E-state index in [0.29, 0.717) is 23.0 Å². The molecule has 0 aromatic carbocycles. The number of nitrogens with one attached hydrogen (secondary N) is 2. The first kappa shape index (κ1) is 11.6. The Morgan fingerprint density at radius 2 is 2.33 bits per heavy atom. The van der Waals surface area contributed by atoms with Gasteiger partial charge in [0, 0.05) is 24.8 Å². The Balaban J connectivity index is 3.52. The lowest BCUT2D eigenvalue weighted by molar-refractivity contribution is 0.521. The van der Waals surface area contributed by atoms with E-state index < -0.39 is 0 Å². The quantitative estimate of drug-likeness (QED) is 0.457. The van der Waals surface area contributed by atoms with Gasteiger partial charge in [0.05, 0.1) is 0 Å². The Bertz CT molecular complexity index is 141. The highest BCUT2D eigenvalue weighted by molar-refractivity contribution is 7.97. The third-order valence-corrected chi connectivity index (χ3v) is 1.90. The zero-order chi connectivity index (χ0) is 9.40. The highest BCUT2D eigenvalue weighted by Crippen LogP contribution is 2.04. The van der Waals surface area contributed by atoms with Gasteiger partial charge >= 0.3 is 0 Å². The van der Waals surface area contributed by atoms with Crippen molar-refractivity contribution in [3.8, 4) is 0 Å². The molecule has 1 unspecified atom stereocenters. The number of hydrogen-bond donors (Lipinski definition) is 4. The van der Waals surface area contributed by atoms with E-state index in [0.717, 1.165) is 13.1 Å². The van der Waals surface area contributed by atoms with Crippen molar-refractivity contribution in [3.63, 3.8) is 0 Å². The van der Waals surface area contributed by atoms with E-state index in [2.05, 4.69) is 17.6 Å². The minimum atomic E-state index is 0.511. The van der Waals surface area contributed by atoms with Crippen molar-refractivity contribution in [1.29, 1.82) is 0 Å². The highest BCUT2D eigenvalue weighted by atomic mass is 32.2. The summed E-state index contributed by atoms with van der Waals surface area (Å²) in [7, 11) is 1.91. The molecule has 1 atom stereocenters. The zero-order valence-electron chi connectivity index (χ0n) is 7.50. The normalized spacial score (nSPS) is 14.4. The van der Waals surface area contributed by atoms with Gasteiger partial charge in [-0.05, 0) is 19.5 Å². The fourth-order valence-electron chi connectivity index (χ4n) is 0.817. The molecule has 0 heterocycles. The first-order chi connectivity index (χ1) is 5.74. The van der Waals surface area contributed by atoms with Gasteiger partial charge in [-0.2, -0.15) is 0 Å². The van der Waals surface area contributed by atoms with Gasteiger partial charge in [0.15, 0.2) is 0 Å². The fourth-order valence-corrected chi connectivity index (χ4v) is 1.03. The molecule has 0 aromatic heterocycles. The van der Waals surface area contributed by atoms with Crippen LogP contribution in [0.5, 0.6) is 0 Å². The molecule has 0 rings (SSSR count). The lowest BCUT2D eigenvalue weighted by Gasteiger charge is -2.12. The summed E-state index contributed by atoms with van der Waals surface area (Å²) >= 11 is 0.635. The van der Waals surface area contributed by atoms with Gasteiger partial charge in [-0.3, -0.25) is 0 Å². The molecule has 0 spiro atoms. The number of hydrogen-bond acceptors (Lipinski definition) is 5. The molecule has 0 aliphatic heterocycles. The van der Waals surface area contributed by atoms with E-state index in [-0.39, 0.29) is 0 Å². The topological polar surface area (TPSA) is 70.3 Å². The molecule has 5 heteroatoms. The van der Waals surface area contributed by atoms with Crippen LogP contribution in [0.1, 0.15) is 6.92 Å². The Morgan fingerprint density at radius 1 is 1.67 bits per heavy atom. The lowest BCUT2D eigenvalue weighted by atomic mass is 10.2. The molecule has 12 heavy (non-hydrogen) atoms. The van der Waals surface area contributed by atoms with Crippen molar-refractivity contribution in [2.75, 3.05) is 20.1 Å². The van der Waals surface area contributed by atoms with E-state index >= 15 is 0 Å². The summed E-state index contributed by atoms with van der Waals surface area (Å²) < 4.78 is 8.66. The Morgan fingerprint density at radius 3 is 2.75 bits per heavy atom. The van der Waals surface area contributed by atoms with Gasteiger partial charge in [0.1, 0.15) is 5.03 Å². The van der Waals surface area contributed by atoms with E-state index in [1.807, 2.05) is 7.05 Å². The molecule has 0 aliphatic carbocycles. The van der Waals surface area contributed by atoms with Crippen LogP contribution in [0.3, 0.4) is 0 Å². The second-order valence-electron chi connectivity index (χ2n) is 2.67. The van der Waals surface area contributed by atoms with Crippen LogP contribution < -0.4 is 16.4 Å². The monoisotopic (exact) mass is 191 g/mol. The third kappa shape index (κ3) is 5.29. The molecule has 72 valence electrons. The van der Waals surface area contributed by atoms with Crippen LogP contribution in [0.15, 0.2) is 11.2 Å². The minimum absolute atomic E-state index is 0.511. The maximum atomic E-state index is 8.66. The van der Waals surface area contributed by atoms with Crippen LogP contribution >= 0.6 is 12.0 Å². The van der Waals surface area contributed by atoms with Crippen LogP contribution in [-0.4, -0.2) is 24.7 Å². The van der Waals surface area contributed by atoms with E-state index in [9.17, 15) is 0 Å². The van der Waals surface area contributed by atoms with Crippen LogP contribution in [-0.2, 0) is 0 Å². The highest BCUT2D eigenvalue weighted by Gasteiger charge is 2.00. The van der Waals surface area contributed by atoms with Crippen molar-refractivity contribution >= 4 is 12.0 Å². The van der Waals surface area contributed by atoms with Gasteiger partial charge in [-0.15, -0.1) is 0 Å². The third-order valence-electron chi connectivity index (χ3n) is 1.43. The average molecular weight is 191 g/mol. The second-order valence-corrected chi connectivity index (χ2v) is 3.29. The fraction of sp³-hybridized carbons (Fsp3) is 0.714. The number of rotatable bonds is 6. The molecule has 0 radical (unpaired) electrons. The van der Waals surface area contributed by atoms with Gasteiger partial charge in [0.25, 0.3) is 0 Å². The molecular formula is C7H17N3OS. The Hall–Kier alpha value is -0.390. The molecule has 0 aromatic rings. The van der Waals surface area contributed by atoms with Gasteiger partial charge < -0.3 is 20.9 Å². The van der Waals surface area contributed by atoms with Crippen LogP contribution in [0.2, 0.25) is 0 Å². The van der Waals surface area contributed by atoms with Gasteiger partial charge in [-0.1, -0.05) is 6.92 Å². The maximum absolute atomic E-state index is 8.66. The van der Waals surface area contributed by atoms with E-state index in [1.165, 1.54) is 6.20 Å². The predicted octanol–water partition coefficient (Wildman–Crippen LogP) is 0.395. The molecule has 0 aliphatic rings. The molecule has 4 nitrogen and oxygen atoms in total. The first-order valence-electron chi connectivity index (χ1n) is 3.86. The minimum Gasteiger partial charge on any atom is -0.402 e. The predicted molar refractivity (Wildman–Crippen MR) is 53.6 cm³/mol. The second kappa shape index (κ2) is 7.27. The first-order valence-corrected chi connectivity index (χ1v) is 4.63. The molecule has 0 saturated heterocycles. The molecular weight excluding hydrogens is 174 g/mol. The van der Waals surface area contributed by atoms with E-state index in [1.54, 1.807) is 0 Å². The zero-order valence-corrected chi connectivity index (χ0v) is 8.32. The van der Waals surface area contributed by atoms with Gasteiger partial charge in [-0.25, -0.2) is 0 Å². The lowest BCUT2D eigenvalue weighted by Crippen LogP contribution is -2.27. The van der Waals surface area contributed by atoms with Crippen molar-refractivity contribution in [2.45, 2.75) is 6.92 Å². The molecule has 5 N–H and O–H groups in total. The Kier molecular flexibility index (Phi) is 7.03. The van der Waals surface area contributed by atoms with Crippen LogP contribution in [0.25, 0.3) is 0 Å². The largest absolute Gasteiger partial charge is 0.402 e. The summed E-state index contributed by atoms with van der Waals surface area (Å²) in [6, 6.07) is 0. The summed E-state index contributed by atoms with van der Waals surface area (Å²) in [5, 5.41) is 6.68. The van der Waals surface area contributed by atoms with Crippen LogP contribution in [0, 0.1) is 5.92 Å². The van der Waals surface area contributed by atoms with E-state index in [4.69, 9.17) is 10.3 Å². The van der Waals surface area contributed by atoms with Gasteiger partial charge in [0.2, 0.25) is 0 Å².